The van der Waals surface area contributed by atoms with Crippen LogP contribution in [0.3, 0.4) is 0 Å². The lowest BCUT2D eigenvalue weighted by atomic mass is 9.77. The topological polar surface area (TPSA) is 95.1 Å². The van der Waals surface area contributed by atoms with Crippen molar-refractivity contribution < 1.29 is 28.7 Å². The first-order valence-corrected chi connectivity index (χ1v) is 20.3. The van der Waals surface area contributed by atoms with Crippen LogP contribution in [0.1, 0.15) is 197 Å². The van der Waals surface area contributed by atoms with Gasteiger partial charge in [-0.1, -0.05) is 146 Å². The average Bonchev–Trinajstić information content (AvgIpc) is 3.06. The van der Waals surface area contributed by atoms with Gasteiger partial charge in [-0.05, 0) is 85.2 Å². The van der Waals surface area contributed by atoms with Crippen molar-refractivity contribution >= 4 is 11.9 Å². The highest BCUT2D eigenvalue weighted by molar-refractivity contribution is 5.70. The van der Waals surface area contributed by atoms with Crippen LogP contribution in [-0.4, -0.2) is 23.1 Å². The molecule has 0 saturated heterocycles. The van der Waals surface area contributed by atoms with E-state index in [4.69, 9.17) is 19.1 Å². The summed E-state index contributed by atoms with van der Waals surface area (Å²) >= 11 is 0. The molecule has 8 nitrogen and oxygen atoms in total. The standard InChI is InChI=1S/C46H76N2O6/c1-19-45(17,20-2)51-39-33(41(5,6)7)27-31(28-34(39)42(8,9)10)23-25-37(49)53-47-48-54-38(50)26-24-32-29-35(43(11,12)13)40(36(30-32)44(14,15)16)52-46(18,21-3)22-4/h27-30,47-48H,19-26H2,1-18H3. The molecule has 0 heterocycles. The summed E-state index contributed by atoms with van der Waals surface area (Å²) in [5.41, 5.74) is 9.94. The molecule has 0 bridgehead atoms. The number of rotatable bonds is 17. The zero-order chi connectivity index (χ0) is 41.5. The van der Waals surface area contributed by atoms with Crippen molar-refractivity contribution in [2.45, 2.75) is 209 Å². The van der Waals surface area contributed by atoms with Gasteiger partial charge in [-0.3, -0.25) is 9.59 Å². The van der Waals surface area contributed by atoms with Gasteiger partial charge >= 0.3 is 11.9 Å². The number of hydrogen-bond donors (Lipinski definition) is 2. The minimum absolute atomic E-state index is 0.138. The van der Waals surface area contributed by atoms with Crippen LogP contribution in [0.25, 0.3) is 0 Å². The van der Waals surface area contributed by atoms with Crippen LogP contribution >= 0.6 is 0 Å². The Hall–Kier alpha value is -3.10. The molecule has 0 aromatic heterocycles. The third kappa shape index (κ3) is 13.3. The Labute approximate surface area is 329 Å². The van der Waals surface area contributed by atoms with E-state index in [1.807, 2.05) is 0 Å². The Morgan fingerprint density at radius 2 is 0.704 bits per heavy atom. The molecular formula is C46H76N2O6. The highest BCUT2D eigenvalue weighted by Gasteiger charge is 2.34. The fraction of sp³-hybridized carbons (Fsp3) is 0.696. The molecule has 8 heteroatoms. The lowest BCUT2D eigenvalue weighted by molar-refractivity contribution is -0.177. The number of benzene rings is 2. The second-order valence-electron chi connectivity index (χ2n) is 19.7. The molecule has 0 amide bonds. The smallest absolute Gasteiger partial charge is 0.327 e. The van der Waals surface area contributed by atoms with Gasteiger partial charge in [-0.15, -0.1) is 0 Å². The Morgan fingerprint density at radius 3 is 0.907 bits per heavy atom. The number of hydrazine groups is 1. The molecule has 2 rings (SSSR count). The monoisotopic (exact) mass is 753 g/mol. The van der Waals surface area contributed by atoms with E-state index < -0.39 is 11.9 Å². The number of nitrogens with one attached hydrogen (secondary N) is 2. The number of aryl methyl sites for hydroxylation is 2. The summed E-state index contributed by atoms with van der Waals surface area (Å²) in [5.74, 6) is 0.933. The van der Waals surface area contributed by atoms with Gasteiger partial charge in [0.25, 0.3) is 0 Å². The van der Waals surface area contributed by atoms with E-state index in [0.29, 0.717) is 12.8 Å². The molecule has 0 unspecified atom stereocenters. The maximum atomic E-state index is 12.7. The predicted octanol–water partition coefficient (Wildman–Crippen LogP) is 11.4. The SMILES string of the molecule is CCC(C)(CC)Oc1c(C(C)(C)C)cc(CCC(=O)ONNOC(=O)CCc2cc(C(C)(C)C)c(OC(C)(CC)CC)c(C(C)(C)C)c2)cc1C(C)(C)C. The van der Waals surface area contributed by atoms with Crippen LogP contribution in [-0.2, 0) is 53.8 Å². The highest BCUT2D eigenvalue weighted by Crippen LogP contribution is 2.45. The Kier molecular flexibility index (Phi) is 15.9. The van der Waals surface area contributed by atoms with Crippen molar-refractivity contribution in [3.63, 3.8) is 0 Å². The van der Waals surface area contributed by atoms with Gasteiger partial charge in [-0.2, -0.15) is 0 Å². The molecule has 0 aliphatic rings. The highest BCUT2D eigenvalue weighted by atomic mass is 16.8. The summed E-state index contributed by atoms with van der Waals surface area (Å²) in [6.45, 7) is 39.3. The van der Waals surface area contributed by atoms with Gasteiger partial charge in [0.1, 0.15) is 22.7 Å². The van der Waals surface area contributed by atoms with Gasteiger partial charge in [0.15, 0.2) is 0 Å². The van der Waals surface area contributed by atoms with E-state index in [1.54, 1.807) is 0 Å². The minimum atomic E-state index is -0.480. The third-order valence-electron chi connectivity index (χ3n) is 10.8. The fourth-order valence-corrected chi connectivity index (χ4v) is 6.15. The summed E-state index contributed by atoms with van der Waals surface area (Å²) in [4.78, 5) is 35.8. The first-order valence-electron chi connectivity index (χ1n) is 20.3. The summed E-state index contributed by atoms with van der Waals surface area (Å²) in [6.07, 6.45) is 4.85. The Balaban J connectivity index is 2.10. The van der Waals surface area contributed by atoms with Crippen LogP contribution in [0.2, 0.25) is 0 Å². The predicted molar refractivity (Wildman–Crippen MR) is 222 cm³/mol. The van der Waals surface area contributed by atoms with Crippen LogP contribution in [0.15, 0.2) is 24.3 Å². The molecule has 0 radical (unpaired) electrons. The van der Waals surface area contributed by atoms with Gasteiger partial charge in [0.05, 0.1) is 12.8 Å². The van der Waals surface area contributed by atoms with Crippen molar-refractivity contribution in [3.8, 4) is 11.5 Å². The maximum absolute atomic E-state index is 12.7. The van der Waals surface area contributed by atoms with Crippen LogP contribution in [0, 0.1) is 0 Å². The lowest BCUT2D eigenvalue weighted by Crippen LogP contribution is -2.36. The molecular weight excluding hydrogens is 677 g/mol. The maximum Gasteiger partial charge on any atom is 0.327 e. The van der Waals surface area contributed by atoms with Gasteiger partial charge in [0.2, 0.25) is 0 Å². The van der Waals surface area contributed by atoms with Crippen molar-refractivity contribution in [2.24, 2.45) is 0 Å². The molecule has 0 saturated carbocycles. The van der Waals surface area contributed by atoms with Crippen molar-refractivity contribution in [2.75, 3.05) is 0 Å². The normalized spacial score (nSPS) is 13.1. The summed E-state index contributed by atoms with van der Waals surface area (Å²) in [5, 5.41) is 0. The quantitative estimate of drug-likeness (QED) is 0.122. The number of ether oxygens (including phenoxy) is 2. The van der Waals surface area contributed by atoms with Gasteiger partial charge in [0, 0.05) is 22.3 Å². The lowest BCUT2D eigenvalue weighted by Gasteiger charge is -2.36. The van der Waals surface area contributed by atoms with E-state index in [0.717, 1.165) is 70.6 Å². The van der Waals surface area contributed by atoms with E-state index in [1.165, 1.54) is 0 Å². The van der Waals surface area contributed by atoms with E-state index >= 15 is 0 Å². The van der Waals surface area contributed by atoms with Crippen molar-refractivity contribution in [3.05, 3.63) is 57.6 Å². The molecule has 2 aromatic carbocycles. The zero-order valence-electron chi connectivity index (χ0n) is 37.4. The van der Waals surface area contributed by atoms with E-state index in [-0.39, 0.29) is 45.7 Å². The molecule has 0 fully saturated rings. The largest absolute Gasteiger partial charge is 0.487 e. The average molecular weight is 753 g/mol. The van der Waals surface area contributed by atoms with Gasteiger partial charge in [-0.25, -0.2) is 0 Å². The molecule has 306 valence electrons. The van der Waals surface area contributed by atoms with Crippen LogP contribution in [0.4, 0.5) is 0 Å². The molecule has 2 aromatic rings. The second kappa shape index (κ2) is 18.2. The molecule has 0 aliphatic heterocycles. The number of hydrogen-bond acceptors (Lipinski definition) is 8. The molecule has 0 aliphatic carbocycles. The molecule has 0 atom stereocenters. The summed E-state index contributed by atoms with van der Waals surface area (Å²) in [7, 11) is 0. The molecule has 0 spiro atoms. The van der Waals surface area contributed by atoms with Crippen LogP contribution in [0.5, 0.6) is 11.5 Å². The van der Waals surface area contributed by atoms with Gasteiger partial charge < -0.3 is 19.1 Å². The summed E-state index contributed by atoms with van der Waals surface area (Å²) < 4.78 is 13.7. The van der Waals surface area contributed by atoms with E-state index in [9.17, 15) is 9.59 Å². The zero-order valence-corrected chi connectivity index (χ0v) is 37.4. The molecule has 2 N–H and O–H groups in total. The number of carbonyl (C=O) groups is 2. The third-order valence-corrected chi connectivity index (χ3v) is 10.8. The van der Waals surface area contributed by atoms with Crippen molar-refractivity contribution in [1.29, 1.82) is 0 Å². The summed E-state index contributed by atoms with van der Waals surface area (Å²) in [6, 6.07) is 8.67. The first kappa shape index (κ1) is 47.1. The Morgan fingerprint density at radius 1 is 0.463 bits per heavy atom. The van der Waals surface area contributed by atoms with E-state index in [2.05, 4.69) is 160 Å². The Bertz CT molecular complexity index is 1370. The fourth-order valence-electron chi connectivity index (χ4n) is 6.15. The number of carbonyl (C=O) groups excluding carboxylic acids is 2. The van der Waals surface area contributed by atoms with Crippen LogP contribution < -0.4 is 20.7 Å². The minimum Gasteiger partial charge on any atom is -0.487 e. The second-order valence-corrected chi connectivity index (χ2v) is 19.7. The first-order chi connectivity index (χ1) is 24.6. The van der Waals surface area contributed by atoms with Crippen molar-refractivity contribution in [1.82, 2.24) is 11.2 Å². The molecule has 54 heavy (non-hydrogen) atoms.